The van der Waals surface area contributed by atoms with Crippen molar-refractivity contribution in [1.82, 2.24) is 9.97 Å². The van der Waals surface area contributed by atoms with E-state index in [4.69, 9.17) is 5.73 Å². The van der Waals surface area contributed by atoms with Crippen molar-refractivity contribution >= 4 is 50.4 Å². The van der Waals surface area contributed by atoms with Gasteiger partial charge in [-0.05, 0) is 24.3 Å². The summed E-state index contributed by atoms with van der Waals surface area (Å²) in [6.07, 6.45) is -0.00170. The molecule has 2 aromatic heterocycles. The first-order valence-electron chi connectivity index (χ1n) is 7.70. The number of carbonyl (C=O) groups is 2. The average molecular weight is 425 g/mol. The molecule has 2 amide bonds. The minimum atomic E-state index is -2.89. The third kappa shape index (κ3) is 5.44. The number of hydrogen-bond donors (Lipinski definition) is 3. The summed E-state index contributed by atoms with van der Waals surface area (Å²) in [5.74, 6) is -0.920. The van der Waals surface area contributed by atoms with Crippen LogP contribution in [-0.2, 0) is 11.2 Å². The number of nitrogens with two attached hydrogens (primary N) is 1. The van der Waals surface area contributed by atoms with E-state index in [-0.39, 0.29) is 17.9 Å². The molecule has 0 spiro atoms. The van der Waals surface area contributed by atoms with Crippen molar-refractivity contribution in [3.05, 3.63) is 46.4 Å². The minimum Gasteiger partial charge on any atom is -0.435 e. The predicted octanol–water partition coefficient (Wildman–Crippen LogP) is 3.22. The van der Waals surface area contributed by atoms with Gasteiger partial charge < -0.3 is 15.8 Å². The lowest BCUT2D eigenvalue weighted by molar-refractivity contribution is -0.117. The number of primary amides is 1. The molecule has 12 heteroatoms. The number of amides is 2. The lowest BCUT2D eigenvalue weighted by Gasteiger charge is -2.06. The molecule has 2 heterocycles. The van der Waals surface area contributed by atoms with Gasteiger partial charge >= 0.3 is 6.61 Å². The second kappa shape index (κ2) is 8.71. The number of alkyl halides is 2. The highest BCUT2D eigenvalue weighted by Crippen LogP contribution is 2.24. The van der Waals surface area contributed by atoms with Crippen molar-refractivity contribution in [2.24, 2.45) is 5.73 Å². The first kappa shape index (κ1) is 19.6. The van der Waals surface area contributed by atoms with Gasteiger partial charge in [0.2, 0.25) is 5.91 Å². The summed E-state index contributed by atoms with van der Waals surface area (Å²) in [6, 6.07) is 5.88. The van der Waals surface area contributed by atoms with Crippen LogP contribution in [0.2, 0.25) is 0 Å². The van der Waals surface area contributed by atoms with Gasteiger partial charge in [-0.15, -0.1) is 22.7 Å². The van der Waals surface area contributed by atoms with Crippen LogP contribution in [0.1, 0.15) is 16.2 Å². The maximum absolute atomic E-state index is 12.3. The van der Waals surface area contributed by atoms with Gasteiger partial charge in [0.05, 0.1) is 12.1 Å². The molecule has 0 atom stereocenters. The Labute approximate surface area is 165 Å². The molecule has 0 aliphatic rings. The van der Waals surface area contributed by atoms with Gasteiger partial charge in [-0.25, -0.2) is 9.97 Å². The lowest BCUT2D eigenvalue weighted by Crippen LogP contribution is -2.14. The highest BCUT2D eigenvalue weighted by Gasteiger charge is 2.14. The average Bonchev–Trinajstić information content (AvgIpc) is 3.25. The van der Waals surface area contributed by atoms with Crippen molar-refractivity contribution in [2.75, 3.05) is 10.6 Å². The van der Waals surface area contributed by atoms with E-state index in [9.17, 15) is 18.4 Å². The van der Waals surface area contributed by atoms with Crippen molar-refractivity contribution in [3.63, 3.8) is 0 Å². The quantitative estimate of drug-likeness (QED) is 0.510. The number of thiazole rings is 2. The van der Waals surface area contributed by atoms with E-state index < -0.39 is 18.4 Å². The van der Waals surface area contributed by atoms with Crippen molar-refractivity contribution in [2.45, 2.75) is 13.0 Å². The molecular weight excluding hydrogens is 412 g/mol. The third-order valence-electron chi connectivity index (χ3n) is 3.20. The number of anilines is 3. The van der Waals surface area contributed by atoms with E-state index in [0.29, 0.717) is 21.6 Å². The first-order chi connectivity index (χ1) is 13.4. The zero-order valence-electron chi connectivity index (χ0n) is 14.0. The number of benzene rings is 1. The second-order valence-electron chi connectivity index (χ2n) is 5.31. The maximum atomic E-state index is 12.3. The normalized spacial score (nSPS) is 10.7. The highest BCUT2D eigenvalue weighted by atomic mass is 32.1. The molecule has 0 aliphatic heterocycles. The molecular formula is C16H13F2N5O3S2. The van der Waals surface area contributed by atoms with Crippen LogP contribution in [-0.4, -0.2) is 28.4 Å². The van der Waals surface area contributed by atoms with Crippen LogP contribution >= 0.6 is 22.7 Å². The monoisotopic (exact) mass is 425 g/mol. The van der Waals surface area contributed by atoms with Gasteiger partial charge in [0, 0.05) is 16.4 Å². The number of carbonyl (C=O) groups excluding carboxylic acids is 2. The van der Waals surface area contributed by atoms with Crippen LogP contribution < -0.4 is 21.1 Å². The fraction of sp³-hybridized carbons (Fsp3) is 0.125. The second-order valence-corrected chi connectivity index (χ2v) is 7.02. The number of nitrogens with one attached hydrogen (secondary N) is 2. The van der Waals surface area contributed by atoms with Crippen LogP contribution in [0.4, 0.5) is 24.7 Å². The standard InChI is InChI=1S/C16H13F2N5O3S2/c17-14(18)26-10-3-1-8(2-4-10)20-15-22-11(7-28-15)13(25)23-16-21-9(6-27-16)5-12(19)24/h1-4,6-7,14H,5H2,(H2,19,24)(H,20,22)(H,21,23,25). The van der Waals surface area contributed by atoms with Gasteiger partial charge in [0.15, 0.2) is 10.3 Å². The fourth-order valence-electron chi connectivity index (χ4n) is 2.06. The number of rotatable bonds is 8. The summed E-state index contributed by atoms with van der Waals surface area (Å²) in [4.78, 5) is 31.4. The molecule has 0 fully saturated rings. The Bertz CT molecular complexity index is 975. The van der Waals surface area contributed by atoms with Crippen LogP contribution in [0, 0.1) is 0 Å². The van der Waals surface area contributed by atoms with Crippen LogP contribution in [0.3, 0.4) is 0 Å². The number of nitrogens with zero attached hydrogens (tertiary/aromatic N) is 2. The molecule has 146 valence electrons. The van der Waals surface area contributed by atoms with Crippen LogP contribution in [0.25, 0.3) is 0 Å². The Balaban J connectivity index is 1.59. The predicted molar refractivity (Wildman–Crippen MR) is 101 cm³/mol. The van der Waals surface area contributed by atoms with E-state index in [1.54, 1.807) is 22.9 Å². The van der Waals surface area contributed by atoms with E-state index in [1.165, 1.54) is 34.8 Å². The number of aromatic nitrogens is 2. The third-order valence-corrected chi connectivity index (χ3v) is 4.76. The molecule has 0 radical (unpaired) electrons. The summed E-state index contributed by atoms with van der Waals surface area (Å²) in [5.41, 5.74) is 6.36. The van der Waals surface area contributed by atoms with Crippen LogP contribution in [0.15, 0.2) is 35.0 Å². The molecule has 4 N–H and O–H groups in total. The largest absolute Gasteiger partial charge is 0.435 e. The van der Waals surface area contributed by atoms with E-state index in [0.717, 1.165) is 0 Å². The molecule has 0 aliphatic carbocycles. The molecule has 3 aromatic rings. The molecule has 0 unspecified atom stereocenters. The van der Waals surface area contributed by atoms with Crippen molar-refractivity contribution in [3.8, 4) is 5.75 Å². The van der Waals surface area contributed by atoms with Gasteiger partial charge in [0.1, 0.15) is 11.4 Å². The fourth-order valence-corrected chi connectivity index (χ4v) is 3.48. The molecule has 28 heavy (non-hydrogen) atoms. The van der Waals surface area contributed by atoms with E-state index >= 15 is 0 Å². The van der Waals surface area contributed by atoms with Crippen molar-refractivity contribution in [1.29, 1.82) is 0 Å². The maximum Gasteiger partial charge on any atom is 0.387 e. The summed E-state index contributed by atoms with van der Waals surface area (Å²) in [5, 5.41) is 9.54. The molecule has 3 rings (SSSR count). The SMILES string of the molecule is NC(=O)Cc1csc(NC(=O)c2csc(Nc3ccc(OC(F)F)cc3)n2)n1. The van der Waals surface area contributed by atoms with Gasteiger partial charge in [-0.1, -0.05) is 0 Å². The summed E-state index contributed by atoms with van der Waals surface area (Å²) >= 11 is 2.37. The Morgan fingerprint density at radius 2 is 1.82 bits per heavy atom. The first-order valence-corrected chi connectivity index (χ1v) is 9.46. The number of hydrogen-bond acceptors (Lipinski definition) is 8. The Morgan fingerprint density at radius 3 is 2.50 bits per heavy atom. The molecule has 8 nitrogen and oxygen atoms in total. The smallest absolute Gasteiger partial charge is 0.387 e. The van der Waals surface area contributed by atoms with Crippen LogP contribution in [0.5, 0.6) is 5.75 Å². The van der Waals surface area contributed by atoms with Gasteiger partial charge in [-0.2, -0.15) is 8.78 Å². The number of ether oxygens (including phenoxy) is 1. The van der Waals surface area contributed by atoms with E-state index in [1.807, 2.05) is 0 Å². The molecule has 0 saturated heterocycles. The highest BCUT2D eigenvalue weighted by molar-refractivity contribution is 7.14. The van der Waals surface area contributed by atoms with Gasteiger partial charge in [-0.3, -0.25) is 14.9 Å². The summed E-state index contributed by atoms with van der Waals surface area (Å²) < 4.78 is 28.6. The zero-order chi connectivity index (χ0) is 20.1. The molecule has 0 bridgehead atoms. The van der Waals surface area contributed by atoms with Crippen molar-refractivity contribution < 1.29 is 23.1 Å². The molecule has 0 saturated carbocycles. The topological polar surface area (TPSA) is 119 Å². The minimum absolute atomic E-state index is 0.00170. The summed E-state index contributed by atoms with van der Waals surface area (Å²) in [6.45, 7) is -2.89. The summed E-state index contributed by atoms with van der Waals surface area (Å²) in [7, 11) is 0. The number of halogens is 2. The Morgan fingerprint density at radius 1 is 1.11 bits per heavy atom. The lowest BCUT2D eigenvalue weighted by atomic mass is 10.3. The Hall–Kier alpha value is -3.12. The zero-order valence-corrected chi connectivity index (χ0v) is 15.7. The van der Waals surface area contributed by atoms with Gasteiger partial charge in [0.25, 0.3) is 5.91 Å². The molecule has 1 aromatic carbocycles. The Kier molecular flexibility index (Phi) is 6.11. The van der Waals surface area contributed by atoms with E-state index in [2.05, 4.69) is 25.3 Å².